The number of carbonyl (C=O) groups is 2. The largest absolute Gasteiger partial charge is 0.379 e. The highest BCUT2D eigenvalue weighted by Crippen LogP contribution is 2.30. The van der Waals surface area contributed by atoms with Gasteiger partial charge in [-0.2, -0.15) is 4.31 Å². The van der Waals surface area contributed by atoms with Crippen LogP contribution in [0.5, 0.6) is 0 Å². The molecular formula is C23H28N4O5S. The van der Waals surface area contributed by atoms with Gasteiger partial charge in [-0.3, -0.25) is 9.59 Å². The highest BCUT2D eigenvalue weighted by molar-refractivity contribution is 7.89. The van der Waals surface area contributed by atoms with E-state index in [0.717, 1.165) is 23.4 Å². The lowest BCUT2D eigenvalue weighted by Gasteiger charge is -2.26. The molecule has 0 aliphatic carbocycles. The minimum Gasteiger partial charge on any atom is -0.379 e. The van der Waals surface area contributed by atoms with E-state index in [-0.39, 0.29) is 23.3 Å². The molecule has 2 N–H and O–H groups in total. The molecule has 0 bridgehead atoms. The lowest BCUT2D eigenvalue weighted by atomic mass is 10.1. The summed E-state index contributed by atoms with van der Waals surface area (Å²) in [5.74, 6) is -0.196. The Kier molecular flexibility index (Phi) is 6.96. The van der Waals surface area contributed by atoms with Crippen LogP contribution in [0.25, 0.3) is 0 Å². The van der Waals surface area contributed by atoms with Gasteiger partial charge in [-0.25, -0.2) is 8.42 Å². The van der Waals surface area contributed by atoms with Crippen LogP contribution in [0.2, 0.25) is 0 Å². The first-order valence-corrected chi connectivity index (χ1v) is 12.4. The third-order valence-corrected chi connectivity index (χ3v) is 7.73. The Morgan fingerprint density at radius 2 is 1.85 bits per heavy atom. The number of nitrogens with zero attached hydrogens (tertiary/aromatic N) is 2. The molecule has 0 unspecified atom stereocenters. The number of morpholine rings is 1. The molecule has 2 saturated heterocycles. The highest BCUT2D eigenvalue weighted by atomic mass is 32.2. The van der Waals surface area contributed by atoms with Crippen LogP contribution in [-0.4, -0.2) is 63.9 Å². The zero-order valence-electron chi connectivity index (χ0n) is 18.5. The van der Waals surface area contributed by atoms with Crippen LogP contribution in [-0.2, 0) is 24.3 Å². The Balaban J connectivity index is 1.40. The van der Waals surface area contributed by atoms with Crippen LogP contribution < -0.4 is 15.5 Å². The Morgan fingerprint density at radius 3 is 2.58 bits per heavy atom. The molecule has 4 rings (SSSR count). The van der Waals surface area contributed by atoms with Gasteiger partial charge in [0.25, 0.3) is 0 Å². The molecule has 2 fully saturated rings. The fourth-order valence-electron chi connectivity index (χ4n) is 4.06. The monoisotopic (exact) mass is 472 g/mol. The minimum atomic E-state index is -3.64. The smallest absolute Gasteiger partial charge is 0.243 e. The summed E-state index contributed by atoms with van der Waals surface area (Å²) in [6.45, 7) is 3.98. The second-order valence-electron chi connectivity index (χ2n) is 8.04. The predicted octanol–water partition coefficient (Wildman–Crippen LogP) is 2.19. The SMILES string of the molecule is Cc1c(NCC(=O)Nc2cccc(S(=O)(=O)N3CCOCC3)c2)cccc1N1CCCC1=O. The number of amides is 2. The maximum atomic E-state index is 12.9. The Hall–Kier alpha value is -2.95. The van der Waals surface area contributed by atoms with Crippen molar-refractivity contribution in [3.8, 4) is 0 Å². The summed E-state index contributed by atoms with van der Waals surface area (Å²) in [4.78, 5) is 26.5. The lowest BCUT2D eigenvalue weighted by Crippen LogP contribution is -2.40. The number of anilines is 3. The number of carbonyl (C=O) groups excluding carboxylic acids is 2. The predicted molar refractivity (Wildman–Crippen MR) is 126 cm³/mol. The van der Waals surface area contributed by atoms with Crippen LogP contribution in [0.1, 0.15) is 18.4 Å². The zero-order valence-corrected chi connectivity index (χ0v) is 19.4. The van der Waals surface area contributed by atoms with Crippen molar-refractivity contribution in [2.75, 3.05) is 54.9 Å². The van der Waals surface area contributed by atoms with Gasteiger partial charge in [0, 0.05) is 43.1 Å². The van der Waals surface area contributed by atoms with Gasteiger partial charge >= 0.3 is 0 Å². The van der Waals surface area contributed by atoms with Crippen molar-refractivity contribution in [2.24, 2.45) is 0 Å². The molecule has 0 atom stereocenters. The first kappa shape index (κ1) is 23.2. The fraction of sp³-hybridized carbons (Fsp3) is 0.391. The summed E-state index contributed by atoms with van der Waals surface area (Å²) in [5.41, 5.74) is 2.93. The van der Waals surface area contributed by atoms with Gasteiger partial charge in [0.15, 0.2) is 0 Å². The van der Waals surface area contributed by atoms with E-state index in [1.807, 2.05) is 25.1 Å². The molecule has 2 aliphatic heterocycles. The van der Waals surface area contributed by atoms with Crippen LogP contribution in [0.15, 0.2) is 47.4 Å². The van der Waals surface area contributed by atoms with Crippen LogP contribution in [0.3, 0.4) is 0 Å². The van der Waals surface area contributed by atoms with Gasteiger partial charge in [-0.1, -0.05) is 12.1 Å². The van der Waals surface area contributed by atoms with Gasteiger partial charge in [0.2, 0.25) is 21.8 Å². The van der Waals surface area contributed by atoms with Gasteiger partial charge in [0.05, 0.1) is 24.7 Å². The van der Waals surface area contributed by atoms with E-state index < -0.39 is 10.0 Å². The number of rotatable bonds is 7. The molecule has 0 saturated carbocycles. The second kappa shape index (κ2) is 9.90. The molecule has 2 aromatic rings. The molecule has 0 aromatic heterocycles. The molecule has 2 heterocycles. The van der Waals surface area contributed by atoms with Gasteiger partial charge in [-0.15, -0.1) is 0 Å². The summed E-state index contributed by atoms with van der Waals surface area (Å²) in [5, 5.41) is 5.87. The maximum absolute atomic E-state index is 12.9. The van der Waals surface area contributed by atoms with Crippen molar-refractivity contribution in [2.45, 2.75) is 24.7 Å². The quantitative estimate of drug-likeness (QED) is 0.640. The molecule has 2 aromatic carbocycles. The molecule has 176 valence electrons. The minimum absolute atomic E-state index is 0.00131. The van der Waals surface area contributed by atoms with Crippen molar-refractivity contribution >= 4 is 38.9 Å². The third-order valence-electron chi connectivity index (χ3n) is 5.83. The number of ether oxygens (including phenoxy) is 1. The third kappa shape index (κ3) is 5.18. The van der Waals surface area contributed by atoms with E-state index in [9.17, 15) is 18.0 Å². The van der Waals surface area contributed by atoms with Crippen molar-refractivity contribution in [3.63, 3.8) is 0 Å². The number of hydrogen-bond donors (Lipinski definition) is 2. The molecule has 0 radical (unpaired) electrons. The van der Waals surface area contributed by atoms with Gasteiger partial charge in [0.1, 0.15) is 0 Å². The molecule has 33 heavy (non-hydrogen) atoms. The van der Waals surface area contributed by atoms with Crippen molar-refractivity contribution < 1.29 is 22.7 Å². The molecule has 0 spiro atoms. The Bertz CT molecular complexity index is 1150. The zero-order chi connectivity index (χ0) is 23.4. The van der Waals surface area contributed by atoms with Crippen molar-refractivity contribution in [1.29, 1.82) is 0 Å². The van der Waals surface area contributed by atoms with Crippen molar-refractivity contribution in [1.82, 2.24) is 4.31 Å². The molecule has 2 aliphatic rings. The average Bonchev–Trinajstić information content (AvgIpc) is 3.24. The number of hydrogen-bond acceptors (Lipinski definition) is 6. The molecule has 2 amide bonds. The number of sulfonamides is 1. The van der Waals surface area contributed by atoms with E-state index in [1.165, 1.54) is 16.4 Å². The standard InChI is InChI=1S/C23H28N4O5S/c1-17-20(7-3-8-21(17)27-10-4-9-23(27)29)24-16-22(28)25-18-5-2-6-19(15-18)33(30,31)26-11-13-32-14-12-26/h2-3,5-8,15,24H,4,9-14,16H2,1H3,(H,25,28). The van der Waals surface area contributed by atoms with Crippen molar-refractivity contribution in [3.05, 3.63) is 48.0 Å². The first-order chi connectivity index (χ1) is 15.9. The molecular weight excluding hydrogens is 444 g/mol. The van der Waals surface area contributed by atoms with Gasteiger partial charge in [-0.05, 0) is 49.2 Å². The van der Waals surface area contributed by atoms with Crippen LogP contribution in [0.4, 0.5) is 17.1 Å². The van der Waals surface area contributed by atoms with Crippen LogP contribution >= 0.6 is 0 Å². The summed E-state index contributed by atoms with van der Waals surface area (Å²) in [6, 6.07) is 11.9. The molecule has 10 heteroatoms. The van der Waals surface area contributed by atoms with E-state index in [0.29, 0.717) is 45.0 Å². The number of benzene rings is 2. The Labute approximate surface area is 193 Å². The fourth-order valence-corrected chi connectivity index (χ4v) is 5.52. The summed E-state index contributed by atoms with van der Waals surface area (Å²) in [7, 11) is -3.64. The normalized spacial score (nSPS) is 17.2. The lowest BCUT2D eigenvalue weighted by molar-refractivity contribution is -0.117. The summed E-state index contributed by atoms with van der Waals surface area (Å²) >= 11 is 0. The summed E-state index contributed by atoms with van der Waals surface area (Å²) < 4.78 is 32.3. The van der Waals surface area contributed by atoms with Crippen LogP contribution in [0, 0.1) is 6.92 Å². The van der Waals surface area contributed by atoms with E-state index >= 15 is 0 Å². The van der Waals surface area contributed by atoms with E-state index in [1.54, 1.807) is 17.0 Å². The average molecular weight is 473 g/mol. The maximum Gasteiger partial charge on any atom is 0.243 e. The van der Waals surface area contributed by atoms with E-state index in [2.05, 4.69) is 10.6 Å². The van der Waals surface area contributed by atoms with E-state index in [4.69, 9.17) is 4.74 Å². The summed E-state index contributed by atoms with van der Waals surface area (Å²) in [6.07, 6.45) is 1.40. The number of nitrogens with one attached hydrogen (secondary N) is 2. The van der Waals surface area contributed by atoms with Gasteiger partial charge < -0.3 is 20.3 Å². The molecule has 9 nitrogen and oxygen atoms in total. The topological polar surface area (TPSA) is 108 Å². The second-order valence-corrected chi connectivity index (χ2v) is 9.98. The first-order valence-electron chi connectivity index (χ1n) is 11.0. The highest BCUT2D eigenvalue weighted by Gasteiger charge is 2.27. The Morgan fingerprint density at radius 1 is 1.09 bits per heavy atom.